The van der Waals surface area contributed by atoms with Crippen LogP contribution < -0.4 is 5.32 Å². The number of anilines is 1. The van der Waals surface area contributed by atoms with E-state index in [9.17, 15) is 0 Å². The molecule has 2 aromatic rings. The van der Waals surface area contributed by atoms with Crippen LogP contribution in [0.5, 0.6) is 0 Å². The first-order chi connectivity index (χ1) is 8.17. The Balaban J connectivity index is 2.31. The van der Waals surface area contributed by atoms with Crippen LogP contribution in [-0.2, 0) is 0 Å². The van der Waals surface area contributed by atoms with Gasteiger partial charge >= 0.3 is 0 Å². The summed E-state index contributed by atoms with van der Waals surface area (Å²) in [4.78, 5) is 4.47. The Hall–Kier alpha value is -1.71. The van der Waals surface area contributed by atoms with Crippen LogP contribution in [0.3, 0.4) is 0 Å². The maximum atomic E-state index is 4.47. The lowest BCUT2D eigenvalue weighted by molar-refractivity contribution is 0.474. The van der Waals surface area contributed by atoms with Crippen molar-refractivity contribution >= 4 is 17.0 Å². The molecule has 0 saturated carbocycles. The molecule has 1 heterocycles. The van der Waals surface area contributed by atoms with E-state index in [0.29, 0.717) is 5.95 Å². The highest BCUT2D eigenvalue weighted by molar-refractivity contribution is 5.74. The molecule has 0 aliphatic rings. The van der Waals surface area contributed by atoms with Gasteiger partial charge in [0.05, 0.1) is 5.52 Å². The first-order valence-corrected chi connectivity index (χ1v) is 6.04. The monoisotopic (exact) mass is 230 g/mol. The third-order valence-corrected chi connectivity index (χ3v) is 3.33. The summed E-state index contributed by atoms with van der Waals surface area (Å²) in [6, 6.07) is 7.76. The van der Waals surface area contributed by atoms with Gasteiger partial charge in [-0.25, -0.2) is 4.98 Å². The van der Waals surface area contributed by atoms with Crippen molar-refractivity contribution < 1.29 is 0 Å². The first kappa shape index (κ1) is 11.8. The van der Waals surface area contributed by atoms with Gasteiger partial charge in [-0.15, -0.1) is 10.2 Å². The van der Waals surface area contributed by atoms with Crippen molar-refractivity contribution in [3.63, 3.8) is 0 Å². The highest BCUT2D eigenvalue weighted by Gasteiger charge is 2.20. The molecule has 0 atom stereocenters. The van der Waals surface area contributed by atoms with Crippen LogP contribution in [0.4, 0.5) is 5.95 Å². The number of para-hydroxylation sites is 1. The number of nitrogens with one attached hydrogen (secondary N) is 1. The average Bonchev–Trinajstić information content (AvgIpc) is 2.38. The van der Waals surface area contributed by atoms with E-state index < -0.39 is 0 Å². The lowest BCUT2D eigenvalue weighted by Gasteiger charge is -2.27. The predicted octanol–water partition coefficient (Wildman–Crippen LogP) is 3.02. The molecule has 4 heteroatoms. The summed E-state index contributed by atoms with van der Waals surface area (Å²) < 4.78 is 0. The number of hydrogen-bond acceptors (Lipinski definition) is 4. The van der Waals surface area contributed by atoms with Crippen LogP contribution in [0.1, 0.15) is 33.6 Å². The third kappa shape index (κ3) is 2.52. The van der Waals surface area contributed by atoms with E-state index in [1.165, 1.54) is 0 Å². The maximum Gasteiger partial charge on any atom is 0.243 e. The van der Waals surface area contributed by atoms with Gasteiger partial charge in [-0.3, -0.25) is 0 Å². The van der Waals surface area contributed by atoms with E-state index in [2.05, 4.69) is 41.3 Å². The van der Waals surface area contributed by atoms with Gasteiger partial charge < -0.3 is 5.32 Å². The molecule has 0 amide bonds. The minimum absolute atomic E-state index is 0.0319. The Morgan fingerprint density at radius 3 is 2.35 bits per heavy atom. The first-order valence-electron chi connectivity index (χ1n) is 6.04. The van der Waals surface area contributed by atoms with Crippen molar-refractivity contribution in [3.05, 3.63) is 24.3 Å². The third-order valence-electron chi connectivity index (χ3n) is 3.33. The molecular formula is C13H18N4. The van der Waals surface area contributed by atoms with Gasteiger partial charge in [0.1, 0.15) is 5.52 Å². The molecule has 2 rings (SSSR count). The van der Waals surface area contributed by atoms with E-state index in [4.69, 9.17) is 0 Å². The second kappa shape index (κ2) is 4.65. The lowest BCUT2D eigenvalue weighted by Crippen LogP contribution is -2.33. The number of nitrogens with zero attached hydrogens (tertiary/aromatic N) is 3. The Kier molecular flexibility index (Phi) is 3.22. The van der Waals surface area contributed by atoms with E-state index in [-0.39, 0.29) is 5.54 Å². The SMILES string of the molecule is CCC(C)(CC)Nc1nnc2ccccc2n1. The molecule has 0 bridgehead atoms. The zero-order chi connectivity index (χ0) is 12.3. The Labute approximate surface area is 101 Å². The average molecular weight is 230 g/mol. The zero-order valence-electron chi connectivity index (χ0n) is 10.6. The zero-order valence-corrected chi connectivity index (χ0v) is 10.6. The van der Waals surface area contributed by atoms with Crippen molar-refractivity contribution in [2.45, 2.75) is 39.2 Å². The highest BCUT2D eigenvalue weighted by Crippen LogP contribution is 2.19. The molecule has 4 nitrogen and oxygen atoms in total. The van der Waals surface area contributed by atoms with Crippen LogP contribution in [0.15, 0.2) is 24.3 Å². The molecule has 1 aromatic heterocycles. The summed E-state index contributed by atoms with van der Waals surface area (Å²) in [5.41, 5.74) is 1.73. The Morgan fingerprint density at radius 1 is 1.06 bits per heavy atom. The molecule has 0 fully saturated rings. The van der Waals surface area contributed by atoms with Crippen molar-refractivity contribution in [1.82, 2.24) is 15.2 Å². The molecule has 0 aliphatic carbocycles. The molecule has 1 N–H and O–H groups in total. The second-order valence-corrected chi connectivity index (χ2v) is 4.52. The van der Waals surface area contributed by atoms with E-state index in [0.717, 1.165) is 23.9 Å². The van der Waals surface area contributed by atoms with Crippen molar-refractivity contribution in [2.24, 2.45) is 0 Å². The largest absolute Gasteiger partial charge is 0.348 e. The summed E-state index contributed by atoms with van der Waals surface area (Å²) in [6.07, 6.45) is 2.05. The van der Waals surface area contributed by atoms with Crippen LogP contribution in [-0.4, -0.2) is 20.7 Å². The minimum Gasteiger partial charge on any atom is -0.348 e. The normalized spacial score (nSPS) is 11.7. The number of hydrogen-bond donors (Lipinski definition) is 1. The summed E-state index contributed by atoms with van der Waals surface area (Å²) in [7, 11) is 0. The molecule has 0 saturated heterocycles. The van der Waals surface area contributed by atoms with Gasteiger partial charge in [0, 0.05) is 5.54 Å². The van der Waals surface area contributed by atoms with Gasteiger partial charge in [-0.05, 0) is 31.9 Å². The summed E-state index contributed by atoms with van der Waals surface area (Å²) in [6.45, 7) is 6.49. The molecule has 0 unspecified atom stereocenters. The molecule has 0 aliphatic heterocycles. The minimum atomic E-state index is 0.0319. The molecule has 90 valence electrons. The Morgan fingerprint density at radius 2 is 1.71 bits per heavy atom. The van der Waals surface area contributed by atoms with Gasteiger partial charge in [0.15, 0.2) is 0 Å². The van der Waals surface area contributed by atoms with E-state index in [1.807, 2.05) is 24.3 Å². The van der Waals surface area contributed by atoms with E-state index in [1.54, 1.807) is 0 Å². The predicted molar refractivity (Wildman–Crippen MR) is 69.9 cm³/mol. The smallest absolute Gasteiger partial charge is 0.243 e. The van der Waals surface area contributed by atoms with E-state index >= 15 is 0 Å². The lowest BCUT2D eigenvalue weighted by atomic mass is 9.96. The van der Waals surface area contributed by atoms with Crippen molar-refractivity contribution in [2.75, 3.05) is 5.32 Å². The highest BCUT2D eigenvalue weighted by atomic mass is 15.3. The van der Waals surface area contributed by atoms with Gasteiger partial charge in [-0.2, -0.15) is 0 Å². The molecule has 17 heavy (non-hydrogen) atoms. The number of benzene rings is 1. The second-order valence-electron chi connectivity index (χ2n) is 4.52. The van der Waals surface area contributed by atoms with Crippen LogP contribution in [0.25, 0.3) is 11.0 Å². The van der Waals surface area contributed by atoms with Crippen LogP contribution in [0.2, 0.25) is 0 Å². The molecule has 0 radical (unpaired) electrons. The quantitative estimate of drug-likeness (QED) is 0.877. The Bertz CT molecular complexity index is 506. The van der Waals surface area contributed by atoms with Crippen molar-refractivity contribution in [3.8, 4) is 0 Å². The number of rotatable bonds is 4. The van der Waals surface area contributed by atoms with Crippen LogP contribution >= 0.6 is 0 Å². The molecule has 1 aromatic carbocycles. The summed E-state index contributed by atoms with van der Waals surface area (Å²) >= 11 is 0. The fourth-order valence-corrected chi connectivity index (χ4v) is 1.63. The summed E-state index contributed by atoms with van der Waals surface area (Å²) in [5.74, 6) is 0.606. The van der Waals surface area contributed by atoms with Crippen molar-refractivity contribution in [1.29, 1.82) is 0 Å². The van der Waals surface area contributed by atoms with Crippen LogP contribution in [0, 0.1) is 0 Å². The van der Waals surface area contributed by atoms with Gasteiger partial charge in [0.2, 0.25) is 5.95 Å². The van der Waals surface area contributed by atoms with Gasteiger partial charge in [0.25, 0.3) is 0 Å². The fraction of sp³-hybridized carbons (Fsp3) is 0.462. The molecular weight excluding hydrogens is 212 g/mol. The topological polar surface area (TPSA) is 50.7 Å². The molecule has 0 spiro atoms. The number of aromatic nitrogens is 3. The maximum absolute atomic E-state index is 4.47. The van der Waals surface area contributed by atoms with Gasteiger partial charge in [-0.1, -0.05) is 26.0 Å². The number of fused-ring (bicyclic) bond motifs is 1. The fourth-order valence-electron chi connectivity index (χ4n) is 1.63. The summed E-state index contributed by atoms with van der Waals surface area (Å²) in [5, 5.41) is 11.6. The standard InChI is InChI=1S/C13H18N4/c1-4-13(3,5-2)15-12-14-10-8-6-7-9-11(10)16-17-12/h6-9H,4-5H2,1-3H3,(H,14,15,17).